The monoisotopic (exact) mass is 660 g/mol. The number of nitrogens with two attached hydrogens (primary N) is 1. The minimum absolute atomic E-state index is 0.257. The molecule has 0 aliphatic heterocycles. The van der Waals surface area contributed by atoms with Crippen molar-refractivity contribution in [1.29, 1.82) is 0 Å². The molecule has 4 aromatic rings. The molecule has 0 aromatic heterocycles. The van der Waals surface area contributed by atoms with Crippen molar-refractivity contribution in [3.63, 3.8) is 0 Å². The number of carboxylic acids is 1. The highest BCUT2D eigenvalue weighted by molar-refractivity contribution is 7.90. The zero-order chi connectivity index (χ0) is 33.9. The first-order valence-corrected chi connectivity index (χ1v) is 17.8. The third-order valence-corrected chi connectivity index (χ3v) is 7.99. The van der Waals surface area contributed by atoms with Gasteiger partial charge in [0, 0.05) is 12.5 Å². The van der Waals surface area contributed by atoms with Crippen LogP contribution >= 0.6 is 0 Å². The molecule has 0 heterocycles. The van der Waals surface area contributed by atoms with Gasteiger partial charge in [-0.05, 0) is 70.8 Å². The molecule has 0 aliphatic carbocycles. The molecule has 0 saturated heterocycles. The molecule has 4 rings (SSSR count). The maximum Gasteiger partial charge on any atom is 0.310 e. The van der Waals surface area contributed by atoms with Gasteiger partial charge in [-0.25, -0.2) is 16.8 Å². The number of aliphatic carboxylic acids is 1. The number of ether oxygens (including phenoxy) is 2. The fourth-order valence-electron chi connectivity index (χ4n) is 3.93. The van der Waals surface area contributed by atoms with Crippen molar-refractivity contribution in [2.75, 3.05) is 38.5 Å². The lowest BCUT2D eigenvalue weighted by atomic mass is 9.97. The smallest absolute Gasteiger partial charge is 0.310 e. The van der Waals surface area contributed by atoms with Gasteiger partial charge in [-0.2, -0.15) is 0 Å². The molecule has 11 nitrogen and oxygen atoms in total. The summed E-state index contributed by atoms with van der Waals surface area (Å²) in [6, 6.07) is 22.9. The van der Waals surface area contributed by atoms with Crippen LogP contribution in [0.4, 0.5) is 0 Å². The van der Waals surface area contributed by atoms with Gasteiger partial charge < -0.3 is 25.6 Å². The molecule has 45 heavy (non-hydrogen) atoms. The highest BCUT2D eigenvalue weighted by atomic mass is 32.2. The Hall–Kier alpha value is -4.20. The van der Waals surface area contributed by atoms with Crippen LogP contribution in [0.3, 0.4) is 0 Å². The molecule has 0 radical (unpaired) electrons. The number of amides is 1. The van der Waals surface area contributed by atoms with E-state index in [1.54, 1.807) is 28.1 Å². The topological polar surface area (TPSA) is 179 Å². The van der Waals surface area contributed by atoms with E-state index in [0.717, 1.165) is 56.7 Å². The Morgan fingerprint density at radius 3 is 1.44 bits per heavy atom. The van der Waals surface area contributed by atoms with Gasteiger partial charge in [0.15, 0.2) is 19.7 Å². The number of methoxy groups -OCH3 is 2. The average molecular weight is 661 g/mol. The SMILES string of the molecule is COc1ccc2cc(C(C)C(=O)NCS(C)(=O)=O)ccc2c1.COc1ccc2cc(C(C)C(=O)O)ccc2c1.CS(=O)(=O)CN. The summed E-state index contributed by atoms with van der Waals surface area (Å²) in [6.07, 6.45) is 2.17. The van der Waals surface area contributed by atoms with Crippen LogP contribution in [0, 0.1) is 0 Å². The van der Waals surface area contributed by atoms with E-state index in [4.69, 9.17) is 20.3 Å². The second kappa shape index (κ2) is 16.2. The number of carbonyl (C=O) groups excluding carboxylic acids is 1. The Balaban J connectivity index is 0.000000272. The molecule has 0 bridgehead atoms. The van der Waals surface area contributed by atoms with E-state index in [9.17, 15) is 26.4 Å². The average Bonchev–Trinajstić information content (AvgIpc) is 3.01. The fourth-order valence-corrected chi connectivity index (χ4v) is 4.33. The summed E-state index contributed by atoms with van der Waals surface area (Å²) in [7, 11) is -2.87. The van der Waals surface area contributed by atoms with Crippen molar-refractivity contribution in [3.05, 3.63) is 83.9 Å². The highest BCUT2D eigenvalue weighted by Gasteiger charge is 2.17. The zero-order valence-corrected chi connectivity index (χ0v) is 27.7. The van der Waals surface area contributed by atoms with E-state index in [-0.39, 0.29) is 17.7 Å². The van der Waals surface area contributed by atoms with Crippen molar-refractivity contribution in [2.45, 2.75) is 25.7 Å². The summed E-state index contributed by atoms with van der Waals surface area (Å²) in [6.45, 7) is 3.44. The van der Waals surface area contributed by atoms with Gasteiger partial charge in [0.2, 0.25) is 5.91 Å². The first-order chi connectivity index (χ1) is 21.0. The van der Waals surface area contributed by atoms with Gasteiger partial charge >= 0.3 is 5.97 Å². The van der Waals surface area contributed by atoms with Crippen LogP contribution < -0.4 is 20.5 Å². The molecule has 244 valence electrons. The maximum atomic E-state index is 12.0. The minimum atomic E-state index is -3.22. The predicted molar refractivity (Wildman–Crippen MR) is 177 cm³/mol. The molecule has 0 aliphatic rings. The lowest BCUT2D eigenvalue weighted by molar-refractivity contribution is -0.138. The number of benzene rings is 4. The van der Waals surface area contributed by atoms with Crippen molar-refractivity contribution in [3.8, 4) is 11.5 Å². The van der Waals surface area contributed by atoms with E-state index in [1.807, 2.05) is 72.8 Å². The molecular formula is C32H40N2O9S2. The first kappa shape index (κ1) is 37.0. The van der Waals surface area contributed by atoms with Gasteiger partial charge in [0.05, 0.1) is 31.9 Å². The predicted octanol–water partition coefficient (Wildman–Crippen LogP) is 4.05. The number of carbonyl (C=O) groups is 2. The van der Waals surface area contributed by atoms with Crippen LogP contribution in [0.25, 0.3) is 21.5 Å². The van der Waals surface area contributed by atoms with E-state index < -0.39 is 37.5 Å². The molecule has 1 amide bonds. The number of rotatable bonds is 9. The van der Waals surface area contributed by atoms with Gasteiger partial charge in [-0.3, -0.25) is 9.59 Å². The van der Waals surface area contributed by atoms with Crippen LogP contribution in [0.5, 0.6) is 11.5 Å². The van der Waals surface area contributed by atoms with E-state index in [1.165, 1.54) is 0 Å². The number of fused-ring (bicyclic) bond motifs is 2. The first-order valence-electron chi connectivity index (χ1n) is 13.7. The molecule has 2 unspecified atom stereocenters. The summed E-state index contributed by atoms with van der Waals surface area (Å²) >= 11 is 0. The summed E-state index contributed by atoms with van der Waals surface area (Å²) in [5.74, 6) is -1.05. The van der Waals surface area contributed by atoms with Crippen molar-refractivity contribution >= 4 is 53.1 Å². The Kier molecular flexibility index (Phi) is 13.3. The van der Waals surface area contributed by atoms with Crippen molar-refractivity contribution < 1.29 is 41.0 Å². The molecule has 0 saturated carbocycles. The Labute approximate surface area is 264 Å². The van der Waals surface area contributed by atoms with Crippen LogP contribution in [-0.4, -0.2) is 72.3 Å². The minimum Gasteiger partial charge on any atom is -0.497 e. The van der Waals surface area contributed by atoms with Crippen LogP contribution in [0.2, 0.25) is 0 Å². The second-order valence-electron chi connectivity index (χ2n) is 10.4. The zero-order valence-electron chi connectivity index (χ0n) is 26.1. The normalized spacial score (nSPS) is 12.5. The molecule has 4 aromatic carbocycles. The number of carboxylic acid groups (broad SMARTS) is 1. The molecule has 13 heteroatoms. The lowest BCUT2D eigenvalue weighted by Crippen LogP contribution is -2.32. The second-order valence-corrected chi connectivity index (χ2v) is 14.8. The summed E-state index contributed by atoms with van der Waals surface area (Å²) in [5, 5.41) is 15.5. The Morgan fingerprint density at radius 1 is 0.711 bits per heavy atom. The van der Waals surface area contributed by atoms with Crippen LogP contribution in [-0.2, 0) is 29.3 Å². The fraction of sp³-hybridized carbons (Fsp3) is 0.312. The van der Waals surface area contributed by atoms with Crippen molar-refractivity contribution in [1.82, 2.24) is 5.32 Å². The number of nitrogens with one attached hydrogen (secondary N) is 1. The summed E-state index contributed by atoms with van der Waals surface area (Å²) < 4.78 is 52.3. The largest absolute Gasteiger partial charge is 0.497 e. The van der Waals surface area contributed by atoms with Gasteiger partial charge in [-0.1, -0.05) is 48.5 Å². The number of hydrogen-bond acceptors (Lipinski definition) is 9. The van der Waals surface area contributed by atoms with E-state index >= 15 is 0 Å². The quantitative estimate of drug-likeness (QED) is 0.237. The molecular weight excluding hydrogens is 620 g/mol. The lowest BCUT2D eigenvalue weighted by Gasteiger charge is -2.13. The van der Waals surface area contributed by atoms with Crippen LogP contribution in [0.1, 0.15) is 36.8 Å². The molecule has 4 N–H and O–H groups in total. The van der Waals surface area contributed by atoms with E-state index in [0.29, 0.717) is 0 Å². The summed E-state index contributed by atoms with van der Waals surface area (Å²) in [4.78, 5) is 22.9. The number of hydrogen-bond donors (Lipinski definition) is 3. The Bertz CT molecular complexity index is 1860. The molecule has 0 fully saturated rings. The van der Waals surface area contributed by atoms with Crippen molar-refractivity contribution in [2.24, 2.45) is 5.73 Å². The molecule has 0 spiro atoms. The molecule has 2 atom stereocenters. The number of sulfone groups is 2. The third-order valence-electron chi connectivity index (χ3n) is 6.72. The van der Waals surface area contributed by atoms with Gasteiger partial charge in [0.25, 0.3) is 0 Å². The van der Waals surface area contributed by atoms with Crippen LogP contribution in [0.15, 0.2) is 72.8 Å². The Morgan fingerprint density at radius 2 is 1.09 bits per heavy atom. The third kappa shape index (κ3) is 12.0. The summed E-state index contributed by atoms with van der Waals surface area (Å²) in [5.41, 5.74) is 6.37. The van der Waals surface area contributed by atoms with Gasteiger partial charge in [0.1, 0.15) is 17.4 Å². The maximum absolute atomic E-state index is 12.0. The van der Waals surface area contributed by atoms with E-state index in [2.05, 4.69) is 5.32 Å². The standard InChI is InChI=1S/C16H19NO4S.C14H14O3.C2H7NO2S/c1-11(16(18)17-10-22(3,19)20)12-4-5-14-9-15(21-2)7-6-13(14)8-12;1-9(14(15)16)10-3-4-12-8-13(17-2)6-5-11(12)7-10;1-6(4,5)2-3/h4-9,11H,10H2,1-3H3,(H,17,18);3-9H,1-2H3,(H,15,16);2-3H2,1H3. The highest BCUT2D eigenvalue weighted by Crippen LogP contribution is 2.26. The van der Waals surface area contributed by atoms with Gasteiger partial charge in [-0.15, -0.1) is 0 Å².